The van der Waals surface area contributed by atoms with E-state index in [4.69, 9.17) is 0 Å². The van der Waals surface area contributed by atoms with Gasteiger partial charge in [0.1, 0.15) is 0 Å². The van der Waals surface area contributed by atoms with Crippen LogP contribution in [0.3, 0.4) is 0 Å². The number of guanidine groups is 1. The molecule has 0 radical (unpaired) electrons. The standard InChI is InChI=1S/C16H28N4S/c1-5-6-7-8-9-12-20(4)16(17-3)18-11-10-15-19-13-14(2)21-15/h5,13H,1,6-12H2,2-4H3,(H,17,18). The molecule has 0 spiro atoms. The molecule has 0 atom stereocenters. The first-order valence-electron chi connectivity index (χ1n) is 7.61. The van der Waals surface area contributed by atoms with Crippen LogP contribution in [0.4, 0.5) is 0 Å². The van der Waals surface area contributed by atoms with E-state index in [1.54, 1.807) is 11.3 Å². The van der Waals surface area contributed by atoms with Crippen LogP contribution < -0.4 is 5.32 Å². The molecule has 4 nitrogen and oxygen atoms in total. The van der Waals surface area contributed by atoms with E-state index in [0.717, 1.165) is 31.9 Å². The number of hydrogen-bond donors (Lipinski definition) is 1. The Morgan fingerprint density at radius 2 is 2.29 bits per heavy atom. The van der Waals surface area contributed by atoms with E-state index in [1.165, 1.54) is 29.1 Å². The van der Waals surface area contributed by atoms with Crippen LogP contribution in [0.2, 0.25) is 0 Å². The molecule has 1 N–H and O–H groups in total. The summed E-state index contributed by atoms with van der Waals surface area (Å²) in [6, 6.07) is 0. The molecule has 5 heteroatoms. The van der Waals surface area contributed by atoms with E-state index >= 15 is 0 Å². The van der Waals surface area contributed by atoms with Crippen molar-refractivity contribution in [1.29, 1.82) is 0 Å². The SMILES string of the molecule is C=CCCCCCN(C)C(=NC)NCCc1ncc(C)s1. The smallest absolute Gasteiger partial charge is 0.193 e. The quantitative estimate of drug-likeness (QED) is 0.329. The number of thiazole rings is 1. The van der Waals surface area contributed by atoms with Crippen LogP contribution >= 0.6 is 11.3 Å². The van der Waals surface area contributed by atoms with Crippen molar-refractivity contribution < 1.29 is 0 Å². The van der Waals surface area contributed by atoms with Gasteiger partial charge in [0.25, 0.3) is 0 Å². The van der Waals surface area contributed by atoms with Crippen molar-refractivity contribution in [2.75, 3.05) is 27.2 Å². The molecule has 0 saturated heterocycles. The average Bonchev–Trinajstić information content (AvgIpc) is 2.88. The fourth-order valence-corrected chi connectivity index (χ4v) is 2.89. The van der Waals surface area contributed by atoms with E-state index in [2.05, 4.69) is 40.7 Å². The third kappa shape index (κ3) is 7.27. The average molecular weight is 308 g/mol. The van der Waals surface area contributed by atoms with Gasteiger partial charge in [-0.25, -0.2) is 4.98 Å². The first kappa shape index (κ1) is 17.7. The van der Waals surface area contributed by atoms with Crippen LogP contribution in [0.15, 0.2) is 23.8 Å². The van der Waals surface area contributed by atoms with E-state index < -0.39 is 0 Å². The lowest BCUT2D eigenvalue weighted by Gasteiger charge is -2.21. The molecule has 0 unspecified atom stereocenters. The number of aliphatic imine (C=N–C) groups is 1. The highest BCUT2D eigenvalue weighted by Gasteiger charge is 2.05. The fraction of sp³-hybridized carbons (Fsp3) is 0.625. The molecule has 0 aromatic carbocycles. The van der Waals surface area contributed by atoms with Gasteiger partial charge in [-0.1, -0.05) is 12.5 Å². The van der Waals surface area contributed by atoms with Gasteiger partial charge in [-0.15, -0.1) is 17.9 Å². The molecular formula is C16H28N4S. The maximum Gasteiger partial charge on any atom is 0.193 e. The van der Waals surface area contributed by atoms with Crippen molar-refractivity contribution in [1.82, 2.24) is 15.2 Å². The molecule has 1 heterocycles. The lowest BCUT2D eigenvalue weighted by Crippen LogP contribution is -2.40. The zero-order valence-corrected chi connectivity index (χ0v) is 14.4. The van der Waals surface area contributed by atoms with Crippen molar-refractivity contribution in [3.63, 3.8) is 0 Å². The first-order valence-corrected chi connectivity index (χ1v) is 8.43. The first-order chi connectivity index (χ1) is 10.2. The minimum absolute atomic E-state index is 0.875. The van der Waals surface area contributed by atoms with Gasteiger partial charge in [-0.2, -0.15) is 0 Å². The normalized spacial score (nSPS) is 11.5. The van der Waals surface area contributed by atoms with Crippen molar-refractivity contribution in [3.8, 4) is 0 Å². The number of aryl methyl sites for hydroxylation is 1. The molecule has 1 aromatic heterocycles. The monoisotopic (exact) mass is 308 g/mol. The minimum atomic E-state index is 0.875. The summed E-state index contributed by atoms with van der Waals surface area (Å²) in [7, 11) is 3.93. The molecule has 0 aliphatic heterocycles. The van der Waals surface area contributed by atoms with E-state index in [1.807, 2.05) is 19.3 Å². The van der Waals surface area contributed by atoms with Crippen LogP contribution in [0.25, 0.3) is 0 Å². The van der Waals surface area contributed by atoms with Gasteiger partial charge in [0, 0.05) is 44.7 Å². The Bertz CT molecular complexity index is 439. The summed E-state index contributed by atoms with van der Waals surface area (Å²) in [4.78, 5) is 12.2. The summed E-state index contributed by atoms with van der Waals surface area (Å²) < 4.78 is 0. The van der Waals surface area contributed by atoms with Gasteiger partial charge in [0.15, 0.2) is 5.96 Å². The molecule has 0 aliphatic carbocycles. The Morgan fingerprint density at radius 1 is 1.48 bits per heavy atom. The number of rotatable bonds is 9. The van der Waals surface area contributed by atoms with E-state index in [-0.39, 0.29) is 0 Å². The molecule has 0 bridgehead atoms. The largest absolute Gasteiger partial charge is 0.356 e. The maximum atomic E-state index is 4.38. The second-order valence-electron chi connectivity index (χ2n) is 5.15. The topological polar surface area (TPSA) is 40.5 Å². The van der Waals surface area contributed by atoms with Gasteiger partial charge in [0.2, 0.25) is 0 Å². The Hall–Kier alpha value is -1.36. The van der Waals surface area contributed by atoms with Gasteiger partial charge in [0.05, 0.1) is 5.01 Å². The highest BCUT2D eigenvalue weighted by Crippen LogP contribution is 2.11. The van der Waals surface area contributed by atoms with Crippen molar-refractivity contribution >= 4 is 17.3 Å². The predicted octanol–water partition coefficient (Wildman–Crippen LogP) is 3.25. The van der Waals surface area contributed by atoms with Crippen LogP contribution in [-0.4, -0.2) is 43.0 Å². The van der Waals surface area contributed by atoms with Gasteiger partial charge >= 0.3 is 0 Å². The number of hydrogen-bond acceptors (Lipinski definition) is 3. The Kier molecular flexibility index (Phi) is 8.74. The summed E-state index contributed by atoms with van der Waals surface area (Å²) in [5.41, 5.74) is 0. The van der Waals surface area contributed by atoms with Gasteiger partial charge in [-0.05, 0) is 26.2 Å². The van der Waals surface area contributed by atoms with E-state index in [0.29, 0.717) is 0 Å². The van der Waals surface area contributed by atoms with E-state index in [9.17, 15) is 0 Å². The molecule has 21 heavy (non-hydrogen) atoms. The van der Waals surface area contributed by atoms with Crippen molar-refractivity contribution in [2.24, 2.45) is 4.99 Å². The van der Waals surface area contributed by atoms with Crippen molar-refractivity contribution in [3.05, 3.63) is 28.7 Å². The maximum absolute atomic E-state index is 4.38. The highest BCUT2D eigenvalue weighted by atomic mass is 32.1. The Labute approximate surface area is 133 Å². The molecular weight excluding hydrogens is 280 g/mol. The molecule has 0 amide bonds. The lowest BCUT2D eigenvalue weighted by molar-refractivity contribution is 0.455. The fourth-order valence-electron chi connectivity index (χ4n) is 2.10. The molecule has 0 fully saturated rings. The Morgan fingerprint density at radius 3 is 2.90 bits per heavy atom. The molecule has 1 aromatic rings. The number of nitrogens with one attached hydrogen (secondary N) is 1. The third-order valence-electron chi connectivity index (χ3n) is 3.27. The van der Waals surface area contributed by atoms with Crippen LogP contribution in [0, 0.1) is 6.92 Å². The lowest BCUT2D eigenvalue weighted by atomic mass is 10.2. The summed E-state index contributed by atoms with van der Waals surface area (Å²) in [6.45, 7) is 7.75. The third-order valence-corrected chi connectivity index (χ3v) is 4.24. The van der Waals surface area contributed by atoms with Crippen LogP contribution in [0.5, 0.6) is 0 Å². The number of nitrogens with zero attached hydrogens (tertiary/aromatic N) is 3. The van der Waals surface area contributed by atoms with Crippen LogP contribution in [0.1, 0.15) is 35.6 Å². The van der Waals surface area contributed by atoms with Crippen LogP contribution in [-0.2, 0) is 6.42 Å². The summed E-state index contributed by atoms with van der Waals surface area (Å²) in [5, 5.41) is 4.59. The number of unbranched alkanes of at least 4 members (excludes halogenated alkanes) is 3. The van der Waals surface area contributed by atoms with Crippen molar-refractivity contribution in [2.45, 2.75) is 39.0 Å². The molecule has 0 saturated carbocycles. The number of aromatic nitrogens is 1. The second kappa shape index (κ2) is 10.4. The summed E-state index contributed by atoms with van der Waals surface area (Å²) in [5.74, 6) is 0.965. The molecule has 0 aliphatic rings. The zero-order valence-electron chi connectivity index (χ0n) is 13.6. The highest BCUT2D eigenvalue weighted by molar-refractivity contribution is 7.11. The Balaban J connectivity index is 2.22. The molecule has 118 valence electrons. The van der Waals surface area contributed by atoms with Gasteiger partial charge in [-0.3, -0.25) is 4.99 Å². The number of allylic oxidation sites excluding steroid dienone is 1. The minimum Gasteiger partial charge on any atom is -0.356 e. The molecule has 1 rings (SSSR count). The predicted molar refractivity (Wildman–Crippen MR) is 93.2 cm³/mol. The second-order valence-corrected chi connectivity index (χ2v) is 6.47. The zero-order chi connectivity index (χ0) is 15.5. The summed E-state index contributed by atoms with van der Waals surface area (Å²) in [6.07, 6.45) is 9.65. The van der Waals surface area contributed by atoms with Gasteiger partial charge < -0.3 is 10.2 Å². The summed E-state index contributed by atoms with van der Waals surface area (Å²) >= 11 is 1.76.